The quantitative estimate of drug-likeness (QED) is 0.465. The van der Waals surface area contributed by atoms with Crippen molar-refractivity contribution in [2.75, 3.05) is 24.6 Å². The Labute approximate surface area is 218 Å². The van der Waals surface area contributed by atoms with Crippen molar-refractivity contribution in [2.45, 2.75) is 51.3 Å². The smallest absolute Gasteiger partial charge is 0.434 e. The van der Waals surface area contributed by atoms with Crippen LogP contribution >= 0.6 is 11.3 Å². The summed E-state index contributed by atoms with van der Waals surface area (Å²) < 4.78 is 46.4. The number of aromatic carboxylic acids is 1. The number of nitrogens with zero attached hydrogens (tertiary/aromatic N) is 4. The summed E-state index contributed by atoms with van der Waals surface area (Å²) in [6.45, 7) is 3.20. The van der Waals surface area contributed by atoms with Crippen molar-refractivity contribution in [3.05, 3.63) is 44.7 Å². The van der Waals surface area contributed by atoms with Gasteiger partial charge in [-0.15, -0.1) is 11.3 Å². The zero-order valence-corrected chi connectivity index (χ0v) is 21.3. The topological polar surface area (TPSA) is 115 Å². The van der Waals surface area contributed by atoms with Crippen molar-refractivity contribution in [1.82, 2.24) is 14.5 Å². The van der Waals surface area contributed by atoms with Gasteiger partial charge in [0.25, 0.3) is 0 Å². The number of fused-ring (bicyclic) bond motifs is 1. The molecule has 0 spiro atoms. The van der Waals surface area contributed by atoms with Crippen LogP contribution in [0.5, 0.6) is 0 Å². The monoisotopic (exact) mass is 550 g/mol. The Bertz CT molecular complexity index is 1460. The van der Waals surface area contributed by atoms with Gasteiger partial charge in [-0.1, -0.05) is 0 Å². The Hall–Kier alpha value is -3.32. The number of pyridine rings is 2. The molecule has 1 unspecified atom stereocenters. The minimum Gasteiger partial charge on any atom is -0.477 e. The molecule has 0 aliphatic carbocycles. The van der Waals surface area contributed by atoms with Crippen LogP contribution in [-0.4, -0.2) is 57.2 Å². The van der Waals surface area contributed by atoms with Crippen molar-refractivity contribution in [2.24, 2.45) is 5.92 Å². The summed E-state index contributed by atoms with van der Waals surface area (Å²) in [4.78, 5) is 47.4. The molecule has 2 saturated heterocycles. The highest BCUT2D eigenvalue weighted by Crippen LogP contribution is 2.33. The number of aryl methyl sites for hydroxylation is 1. The van der Waals surface area contributed by atoms with Crippen molar-refractivity contribution >= 4 is 39.9 Å². The molecule has 38 heavy (non-hydrogen) atoms. The highest BCUT2D eigenvalue weighted by atomic mass is 32.1. The SMILES string of the molecule is Cc1cc(N2CC(C(=O)CCC3CCCCO3)C2)nc2c1c(=O)c(C(=O)O)cn2-c1nc(C(F)(F)F)cs1. The normalized spacial score (nSPS) is 18.5. The molecule has 5 rings (SSSR count). The minimum absolute atomic E-state index is 0.00213. The number of carbonyl (C=O) groups excluding carboxylic acids is 1. The van der Waals surface area contributed by atoms with Crippen LogP contribution in [0.1, 0.15) is 53.7 Å². The first-order valence-electron chi connectivity index (χ1n) is 12.3. The third-order valence-electron chi connectivity index (χ3n) is 7.01. The second kappa shape index (κ2) is 10.1. The van der Waals surface area contributed by atoms with Crippen LogP contribution in [0.3, 0.4) is 0 Å². The van der Waals surface area contributed by atoms with Crippen molar-refractivity contribution < 1.29 is 32.6 Å². The minimum atomic E-state index is -4.68. The van der Waals surface area contributed by atoms with Gasteiger partial charge in [0.05, 0.1) is 17.4 Å². The van der Waals surface area contributed by atoms with Crippen LogP contribution in [0.25, 0.3) is 16.2 Å². The summed E-state index contributed by atoms with van der Waals surface area (Å²) in [5.41, 5.74) is -2.09. The van der Waals surface area contributed by atoms with E-state index in [0.29, 0.717) is 48.6 Å². The fourth-order valence-corrected chi connectivity index (χ4v) is 5.66. The number of hydrogen-bond donors (Lipinski definition) is 1. The lowest BCUT2D eigenvalue weighted by molar-refractivity contribution is -0.140. The van der Waals surface area contributed by atoms with Gasteiger partial charge in [0.2, 0.25) is 5.43 Å². The molecule has 2 fully saturated rings. The Morgan fingerprint density at radius 3 is 2.63 bits per heavy atom. The average Bonchev–Trinajstić information content (AvgIpc) is 3.33. The number of thiazole rings is 1. The van der Waals surface area contributed by atoms with Crippen molar-refractivity contribution in [1.29, 1.82) is 0 Å². The summed E-state index contributed by atoms with van der Waals surface area (Å²) in [5.74, 6) is -1.08. The van der Waals surface area contributed by atoms with Gasteiger partial charge in [0.1, 0.15) is 17.2 Å². The van der Waals surface area contributed by atoms with E-state index in [0.717, 1.165) is 42.0 Å². The summed E-state index contributed by atoms with van der Waals surface area (Å²) in [6.07, 6.45) is 0.682. The fourth-order valence-electron chi connectivity index (χ4n) is 4.85. The first-order chi connectivity index (χ1) is 18.0. The van der Waals surface area contributed by atoms with E-state index in [-0.39, 0.29) is 34.0 Å². The van der Waals surface area contributed by atoms with E-state index in [1.54, 1.807) is 13.0 Å². The molecule has 13 heteroatoms. The number of hydrogen-bond acceptors (Lipinski definition) is 8. The fraction of sp³-hybridized carbons (Fsp3) is 0.480. The standard InChI is InChI=1S/C25H25F3N4O5S/c1-13-8-19(31-9-14(10-31)17(33)6-5-15-4-2-3-7-37-15)30-22-20(13)21(34)16(23(35)36)11-32(22)24-29-18(12-38-24)25(26,27)28/h8,11-12,14-15H,2-7,9-10H2,1H3,(H,35,36). The van der Waals surface area contributed by atoms with Crippen LogP contribution in [0.15, 0.2) is 22.4 Å². The van der Waals surface area contributed by atoms with Crippen LogP contribution in [-0.2, 0) is 15.7 Å². The Morgan fingerprint density at radius 2 is 2.00 bits per heavy atom. The van der Waals surface area contributed by atoms with Crippen LogP contribution in [0, 0.1) is 12.8 Å². The predicted octanol–water partition coefficient (Wildman–Crippen LogP) is 4.22. The summed E-state index contributed by atoms with van der Waals surface area (Å²) in [7, 11) is 0. The van der Waals surface area contributed by atoms with E-state index >= 15 is 0 Å². The number of alkyl halides is 3. The number of carboxylic acid groups (broad SMARTS) is 1. The first-order valence-corrected chi connectivity index (χ1v) is 13.1. The second-order valence-corrected chi connectivity index (χ2v) is 10.5. The number of carboxylic acids is 1. The van der Waals surface area contributed by atoms with Gasteiger partial charge in [0, 0.05) is 37.7 Å². The van der Waals surface area contributed by atoms with E-state index in [2.05, 4.69) is 9.97 Å². The van der Waals surface area contributed by atoms with E-state index in [1.807, 2.05) is 4.90 Å². The van der Waals surface area contributed by atoms with E-state index < -0.39 is 28.8 Å². The molecule has 1 atom stereocenters. The third-order valence-corrected chi connectivity index (χ3v) is 7.85. The first kappa shape index (κ1) is 26.3. The lowest BCUT2D eigenvalue weighted by atomic mass is 9.90. The number of ketones is 1. The van der Waals surface area contributed by atoms with Gasteiger partial charge in [-0.2, -0.15) is 13.2 Å². The van der Waals surface area contributed by atoms with Gasteiger partial charge >= 0.3 is 12.1 Å². The highest BCUT2D eigenvalue weighted by molar-refractivity contribution is 7.12. The molecule has 2 aliphatic rings. The Balaban J connectivity index is 1.43. The summed E-state index contributed by atoms with van der Waals surface area (Å²) in [5, 5.41) is 10.2. The van der Waals surface area contributed by atoms with Crippen molar-refractivity contribution in [3.63, 3.8) is 0 Å². The number of carbonyl (C=O) groups is 2. The number of anilines is 1. The molecule has 202 valence electrons. The van der Waals surface area contributed by atoms with Crippen LogP contribution in [0.4, 0.5) is 19.0 Å². The highest BCUT2D eigenvalue weighted by Gasteiger charge is 2.36. The lowest BCUT2D eigenvalue weighted by Gasteiger charge is -2.39. The molecule has 0 bridgehead atoms. The van der Waals surface area contributed by atoms with Crippen molar-refractivity contribution in [3.8, 4) is 5.13 Å². The number of aromatic nitrogens is 3. The van der Waals surface area contributed by atoms with E-state index in [4.69, 9.17) is 4.74 Å². The maximum Gasteiger partial charge on any atom is 0.434 e. The predicted molar refractivity (Wildman–Crippen MR) is 133 cm³/mol. The van der Waals surface area contributed by atoms with Crippen LogP contribution in [0.2, 0.25) is 0 Å². The number of Topliss-reactive ketones (excluding diaryl/α,β-unsaturated/α-hetero) is 1. The molecule has 0 radical (unpaired) electrons. The van der Waals surface area contributed by atoms with Gasteiger partial charge in [-0.25, -0.2) is 14.8 Å². The zero-order valence-electron chi connectivity index (χ0n) is 20.5. The van der Waals surface area contributed by atoms with Crippen LogP contribution < -0.4 is 10.3 Å². The number of ether oxygens (including phenoxy) is 1. The van der Waals surface area contributed by atoms with Gasteiger partial charge in [-0.05, 0) is 44.2 Å². The number of rotatable bonds is 7. The molecule has 0 amide bonds. The maximum atomic E-state index is 13.2. The lowest BCUT2D eigenvalue weighted by Crippen LogP contribution is -2.51. The maximum absolute atomic E-state index is 13.2. The summed E-state index contributed by atoms with van der Waals surface area (Å²) in [6, 6.07) is 1.62. The molecular formula is C25H25F3N4O5S. The number of halogens is 3. The van der Waals surface area contributed by atoms with Gasteiger partial charge < -0.3 is 14.7 Å². The molecule has 3 aromatic heterocycles. The third kappa shape index (κ3) is 5.04. The van der Waals surface area contributed by atoms with E-state index in [1.165, 1.54) is 0 Å². The molecule has 5 heterocycles. The second-order valence-electron chi connectivity index (χ2n) is 9.65. The average molecular weight is 551 g/mol. The summed E-state index contributed by atoms with van der Waals surface area (Å²) >= 11 is 0.660. The molecule has 3 aromatic rings. The zero-order chi connectivity index (χ0) is 27.2. The molecule has 0 aromatic carbocycles. The van der Waals surface area contributed by atoms with E-state index in [9.17, 15) is 32.7 Å². The molecule has 1 N–H and O–H groups in total. The molecule has 0 saturated carbocycles. The Kier molecular flexibility index (Phi) is 6.99. The van der Waals surface area contributed by atoms with Gasteiger partial charge in [0.15, 0.2) is 16.5 Å². The largest absolute Gasteiger partial charge is 0.477 e. The van der Waals surface area contributed by atoms with Gasteiger partial charge in [-0.3, -0.25) is 14.2 Å². The molecule has 9 nitrogen and oxygen atoms in total. The molecule has 2 aliphatic heterocycles. The molecular weight excluding hydrogens is 525 g/mol. The Morgan fingerprint density at radius 1 is 1.24 bits per heavy atom.